The summed E-state index contributed by atoms with van der Waals surface area (Å²) >= 11 is 0. The van der Waals surface area contributed by atoms with Crippen LogP contribution in [0, 0.1) is 11.8 Å². The van der Waals surface area contributed by atoms with Crippen molar-refractivity contribution in [2.75, 3.05) is 13.1 Å². The molecule has 2 saturated heterocycles. The zero-order valence-electron chi connectivity index (χ0n) is 22.1. The molecule has 0 aromatic heterocycles. The average molecular weight is 510 g/mol. The van der Waals surface area contributed by atoms with Crippen LogP contribution in [0.4, 0.5) is 0 Å². The minimum Gasteiger partial charge on any atom is -0.353 e. The van der Waals surface area contributed by atoms with Crippen LogP contribution in [-0.2, 0) is 29.0 Å². The van der Waals surface area contributed by atoms with E-state index < -0.39 is 0 Å². The van der Waals surface area contributed by atoms with Crippen molar-refractivity contribution in [1.82, 2.24) is 15.5 Å². The molecule has 2 aliphatic rings. The van der Waals surface area contributed by atoms with Gasteiger partial charge in [0.05, 0.1) is 0 Å². The van der Waals surface area contributed by atoms with Gasteiger partial charge in [-0.05, 0) is 68.3 Å². The maximum atomic E-state index is 12.8. The zero-order valence-corrected chi connectivity index (χ0v) is 22.1. The highest BCUT2D eigenvalue weighted by Crippen LogP contribution is 2.25. The Hall–Kier alpha value is -3.44. The predicted octanol–water partition coefficient (Wildman–Crippen LogP) is 4.76. The number of hydrogen-bond donors (Lipinski definition) is 2. The van der Waals surface area contributed by atoms with Gasteiger partial charge in [0, 0.05) is 30.5 Å². The highest BCUT2D eigenvalue weighted by Gasteiger charge is 2.33. The van der Waals surface area contributed by atoms with E-state index in [2.05, 4.69) is 88.3 Å². The van der Waals surface area contributed by atoms with Crippen LogP contribution in [0.3, 0.4) is 0 Å². The minimum atomic E-state index is 0.0482. The van der Waals surface area contributed by atoms with Gasteiger partial charge in [0.2, 0.25) is 11.8 Å². The van der Waals surface area contributed by atoms with E-state index in [9.17, 15) is 9.59 Å². The fraction of sp³-hybridized carbons (Fsp3) is 0.394. The summed E-state index contributed by atoms with van der Waals surface area (Å²) in [6, 6.07) is 31.7. The third kappa shape index (κ3) is 7.32. The van der Waals surface area contributed by atoms with Gasteiger partial charge in [0.1, 0.15) is 0 Å². The van der Waals surface area contributed by atoms with Crippen LogP contribution in [0.25, 0.3) is 0 Å². The van der Waals surface area contributed by atoms with Gasteiger partial charge >= 0.3 is 0 Å². The number of rotatable bonds is 12. The van der Waals surface area contributed by atoms with Crippen molar-refractivity contribution in [2.45, 2.75) is 57.2 Å². The summed E-state index contributed by atoms with van der Waals surface area (Å²) in [4.78, 5) is 28.0. The quantitative estimate of drug-likeness (QED) is 0.370. The van der Waals surface area contributed by atoms with Crippen LogP contribution in [0.2, 0.25) is 0 Å². The Morgan fingerprint density at radius 2 is 0.974 bits per heavy atom. The average Bonchev–Trinajstić information content (AvgIpc) is 3.47. The second-order valence-corrected chi connectivity index (χ2v) is 11.0. The molecule has 0 saturated carbocycles. The van der Waals surface area contributed by atoms with Gasteiger partial charge in [-0.2, -0.15) is 0 Å². The third-order valence-electron chi connectivity index (χ3n) is 8.06. The lowest BCUT2D eigenvalue weighted by molar-refractivity contribution is -0.123. The Bertz CT molecular complexity index is 1100. The maximum absolute atomic E-state index is 12.8. The van der Waals surface area contributed by atoms with Crippen LogP contribution in [0.15, 0.2) is 91.0 Å². The fourth-order valence-electron chi connectivity index (χ4n) is 6.01. The highest BCUT2D eigenvalue weighted by molar-refractivity contribution is 5.81. The first-order valence-corrected chi connectivity index (χ1v) is 14.1. The molecule has 0 spiro atoms. The Labute approximate surface area is 226 Å². The number of nitrogens with one attached hydrogen (secondary N) is 2. The van der Waals surface area contributed by atoms with Gasteiger partial charge in [-0.1, -0.05) is 91.0 Å². The fourth-order valence-corrected chi connectivity index (χ4v) is 6.01. The maximum Gasteiger partial charge on any atom is 0.223 e. The molecule has 2 unspecified atom stereocenters. The molecular formula is C33H39N3O2. The number of benzene rings is 3. The summed E-state index contributed by atoms with van der Waals surface area (Å²) in [6.45, 7) is 2.55. The second kappa shape index (κ2) is 12.9. The van der Waals surface area contributed by atoms with Crippen LogP contribution in [0.1, 0.15) is 42.4 Å². The predicted molar refractivity (Wildman–Crippen MR) is 151 cm³/mol. The molecule has 4 atom stereocenters. The van der Waals surface area contributed by atoms with Crippen LogP contribution in [0.5, 0.6) is 0 Å². The Morgan fingerprint density at radius 1 is 0.579 bits per heavy atom. The van der Waals surface area contributed by atoms with Gasteiger partial charge in [-0.15, -0.1) is 0 Å². The molecule has 2 amide bonds. The van der Waals surface area contributed by atoms with Crippen molar-refractivity contribution in [2.24, 2.45) is 11.8 Å². The summed E-state index contributed by atoms with van der Waals surface area (Å²) in [5.74, 6) is 0.466. The number of amides is 2. The lowest BCUT2D eigenvalue weighted by atomic mass is 9.96. The Kier molecular flexibility index (Phi) is 8.87. The minimum absolute atomic E-state index is 0.0482. The largest absolute Gasteiger partial charge is 0.353 e. The molecule has 5 rings (SSSR count). The van der Waals surface area contributed by atoms with Crippen LogP contribution in [-0.4, -0.2) is 41.9 Å². The molecule has 38 heavy (non-hydrogen) atoms. The first-order chi connectivity index (χ1) is 18.6. The summed E-state index contributed by atoms with van der Waals surface area (Å²) < 4.78 is 0. The summed E-state index contributed by atoms with van der Waals surface area (Å²) in [6.07, 6.45) is 5.24. The Morgan fingerprint density at radius 3 is 1.39 bits per heavy atom. The van der Waals surface area contributed by atoms with E-state index in [1.807, 2.05) is 18.2 Å². The van der Waals surface area contributed by atoms with E-state index in [4.69, 9.17) is 0 Å². The molecule has 2 fully saturated rings. The van der Waals surface area contributed by atoms with E-state index in [-0.39, 0.29) is 35.7 Å². The SMILES string of the molecule is O=C1N[C@@H](Cc2ccccc2)CC1CCN(CCC1C[C@H](Cc2ccccc2)NC1=O)Cc1ccccc1. The van der Waals surface area contributed by atoms with E-state index >= 15 is 0 Å². The van der Waals surface area contributed by atoms with Gasteiger partial charge in [0.25, 0.3) is 0 Å². The van der Waals surface area contributed by atoms with Crippen LogP contribution >= 0.6 is 0 Å². The monoisotopic (exact) mass is 509 g/mol. The van der Waals surface area contributed by atoms with Crippen molar-refractivity contribution in [3.63, 3.8) is 0 Å². The molecule has 2 N–H and O–H groups in total. The number of carbonyl (C=O) groups excluding carboxylic acids is 2. The highest BCUT2D eigenvalue weighted by atomic mass is 16.2. The molecular weight excluding hydrogens is 470 g/mol. The van der Waals surface area contributed by atoms with E-state index in [0.717, 1.165) is 58.2 Å². The second-order valence-electron chi connectivity index (χ2n) is 11.0. The van der Waals surface area contributed by atoms with E-state index in [1.54, 1.807) is 0 Å². The first kappa shape index (κ1) is 26.2. The van der Waals surface area contributed by atoms with Crippen molar-refractivity contribution >= 4 is 11.8 Å². The molecule has 198 valence electrons. The van der Waals surface area contributed by atoms with Crippen molar-refractivity contribution in [1.29, 1.82) is 0 Å². The zero-order chi connectivity index (χ0) is 26.2. The number of carbonyl (C=O) groups is 2. The molecule has 5 nitrogen and oxygen atoms in total. The van der Waals surface area contributed by atoms with E-state index in [1.165, 1.54) is 16.7 Å². The van der Waals surface area contributed by atoms with E-state index in [0.29, 0.717) is 0 Å². The molecule has 0 bridgehead atoms. The summed E-state index contributed by atoms with van der Waals surface area (Å²) in [5.41, 5.74) is 3.80. The molecule has 0 aliphatic carbocycles. The van der Waals surface area contributed by atoms with Gasteiger partial charge in [0.15, 0.2) is 0 Å². The molecule has 3 aromatic rings. The van der Waals surface area contributed by atoms with Gasteiger partial charge in [-0.25, -0.2) is 0 Å². The smallest absolute Gasteiger partial charge is 0.223 e. The van der Waals surface area contributed by atoms with Crippen molar-refractivity contribution < 1.29 is 9.59 Å². The number of hydrogen-bond acceptors (Lipinski definition) is 3. The van der Waals surface area contributed by atoms with Gasteiger partial charge in [-0.3, -0.25) is 14.5 Å². The normalized spacial score (nSPS) is 23.0. The lowest BCUT2D eigenvalue weighted by Gasteiger charge is -2.24. The van der Waals surface area contributed by atoms with Gasteiger partial charge < -0.3 is 10.6 Å². The van der Waals surface area contributed by atoms with Crippen LogP contribution < -0.4 is 10.6 Å². The van der Waals surface area contributed by atoms with Crippen molar-refractivity contribution in [3.05, 3.63) is 108 Å². The Balaban J connectivity index is 1.15. The molecule has 2 aliphatic heterocycles. The lowest BCUT2D eigenvalue weighted by Crippen LogP contribution is -2.31. The summed E-state index contributed by atoms with van der Waals surface area (Å²) in [7, 11) is 0. The number of nitrogens with zero attached hydrogens (tertiary/aromatic N) is 1. The molecule has 5 heteroatoms. The third-order valence-corrected chi connectivity index (χ3v) is 8.06. The summed E-state index contributed by atoms with van der Waals surface area (Å²) in [5, 5.41) is 6.45. The van der Waals surface area contributed by atoms with Crippen molar-refractivity contribution in [3.8, 4) is 0 Å². The topological polar surface area (TPSA) is 61.4 Å². The molecule has 2 heterocycles. The standard InChI is InChI=1S/C33H39N3O2/c37-32-28(22-30(34-32)20-25-10-4-1-5-11-25)16-18-36(24-27-14-8-3-9-15-27)19-17-29-23-31(35-33(29)38)21-26-12-6-2-7-13-26/h1-15,28-31H,16-24H2,(H,34,37)(H,35,38)/t28?,29?,30-,31-/m0/s1. The molecule has 3 aromatic carbocycles. The molecule has 0 radical (unpaired) electrons. The first-order valence-electron chi connectivity index (χ1n) is 14.1.